The number of nitrogens with two attached hydrogens (primary N) is 1. The van der Waals surface area contributed by atoms with Gasteiger partial charge in [-0.3, -0.25) is 4.79 Å². The molecule has 106 valence electrons. The second kappa shape index (κ2) is 7.48. The summed E-state index contributed by atoms with van der Waals surface area (Å²) < 4.78 is 0. The van der Waals surface area contributed by atoms with E-state index in [1.165, 1.54) is 0 Å². The third-order valence-corrected chi connectivity index (χ3v) is 3.50. The van der Waals surface area contributed by atoms with Crippen LogP contribution in [0, 0.1) is 0 Å². The standard InChI is InChI=1S/C14H20N2O2.ClH/c15-13(10-6-2-1-3-7-10)14(18)16-11-8-4-5-9-12(11)17;/h1-3,6-7,11-13,17H,4-5,8-9,15H2,(H,16,18);1H/t11-,12-,13?;/m1./s1. The van der Waals surface area contributed by atoms with Crippen LogP contribution in [0.15, 0.2) is 30.3 Å². The fraction of sp³-hybridized carbons (Fsp3) is 0.500. The van der Waals surface area contributed by atoms with Crippen LogP contribution in [-0.4, -0.2) is 23.2 Å². The van der Waals surface area contributed by atoms with Crippen molar-refractivity contribution in [2.24, 2.45) is 5.73 Å². The number of rotatable bonds is 3. The molecule has 1 aromatic rings. The molecule has 1 aliphatic rings. The second-order valence-electron chi connectivity index (χ2n) is 4.86. The van der Waals surface area contributed by atoms with Crippen LogP contribution in [-0.2, 0) is 4.79 Å². The number of nitrogens with one attached hydrogen (secondary N) is 1. The van der Waals surface area contributed by atoms with Crippen molar-refractivity contribution < 1.29 is 9.90 Å². The summed E-state index contributed by atoms with van der Waals surface area (Å²) >= 11 is 0. The van der Waals surface area contributed by atoms with E-state index >= 15 is 0 Å². The molecule has 1 fully saturated rings. The van der Waals surface area contributed by atoms with Gasteiger partial charge in [0.1, 0.15) is 6.04 Å². The van der Waals surface area contributed by atoms with E-state index in [1.807, 2.05) is 30.3 Å². The molecule has 19 heavy (non-hydrogen) atoms. The van der Waals surface area contributed by atoms with Crippen molar-refractivity contribution in [3.05, 3.63) is 35.9 Å². The maximum atomic E-state index is 12.0. The Morgan fingerprint density at radius 1 is 1.26 bits per heavy atom. The number of carbonyl (C=O) groups excluding carboxylic acids is 1. The fourth-order valence-corrected chi connectivity index (χ4v) is 2.36. The van der Waals surface area contributed by atoms with Crippen LogP contribution in [0.4, 0.5) is 0 Å². The number of benzene rings is 1. The van der Waals surface area contributed by atoms with Crippen molar-refractivity contribution in [1.82, 2.24) is 5.32 Å². The SMILES string of the molecule is Cl.NC(C(=O)N[C@@H]1CCCC[C@H]1O)c1ccccc1. The van der Waals surface area contributed by atoms with Gasteiger partial charge in [0.25, 0.3) is 0 Å². The van der Waals surface area contributed by atoms with Crippen LogP contribution in [0.3, 0.4) is 0 Å². The van der Waals surface area contributed by atoms with Gasteiger partial charge in [0.15, 0.2) is 0 Å². The van der Waals surface area contributed by atoms with Crippen LogP contribution in [0.5, 0.6) is 0 Å². The summed E-state index contributed by atoms with van der Waals surface area (Å²) in [5, 5.41) is 12.7. The average molecular weight is 285 g/mol. The summed E-state index contributed by atoms with van der Waals surface area (Å²) in [7, 11) is 0. The number of amides is 1. The predicted octanol–water partition coefficient (Wildman–Crippen LogP) is 1.53. The van der Waals surface area contributed by atoms with Crippen LogP contribution in [0.25, 0.3) is 0 Å². The number of halogens is 1. The quantitative estimate of drug-likeness (QED) is 0.788. The summed E-state index contributed by atoms with van der Waals surface area (Å²) in [6.07, 6.45) is 3.21. The van der Waals surface area contributed by atoms with Crippen LogP contribution >= 0.6 is 12.4 Å². The zero-order chi connectivity index (χ0) is 13.0. The lowest BCUT2D eigenvalue weighted by Gasteiger charge is -2.29. The van der Waals surface area contributed by atoms with Crippen molar-refractivity contribution in [3.63, 3.8) is 0 Å². The molecule has 1 amide bonds. The van der Waals surface area contributed by atoms with Gasteiger partial charge in [0.05, 0.1) is 12.1 Å². The highest BCUT2D eigenvalue weighted by atomic mass is 35.5. The molecular formula is C14H21ClN2O2. The average Bonchev–Trinajstić information content (AvgIpc) is 2.41. The number of aliphatic hydroxyl groups excluding tert-OH is 1. The van der Waals surface area contributed by atoms with Gasteiger partial charge in [-0.25, -0.2) is 0 Å². The van der Waals surface area contributed by atoms with Crippen LogP contribution in [0.1, 0.15) is 37.3 Å². The van der Waals surface area contributed by atoms with Crippen molar-refractivity contribution in [1.29, 1.82) is 0 Å². The third-order valence-electron chi connectivity index (χ3n) is 3.50. The van der Waals surface area contributed by atoms with Crippen molar-refractivity contribution >= 4 is 18.3 Å². The third kappa shape index (κ3) is 4.20. The Balaban J connectivity index is 0.00000180. The monoisotopic (exact) mass is 284 g/mol. The Kier molecular flexibility index (Phi) is 6.28. The van der Waals surface area contributed by atoms with Gasteiger partial charge >= 0.3 is 0 Å². The molecule has 0 aromatic heterocycles. The Bertz CT molecular complexity index is 400. The first-order valence-electron chi connectivity index (χ1n) is 6.47. The molecular weight excluding hydrogens is 264 g/mol. The van der Waals surface area contributed by atoms with Crippen LogP contribution in [0.2, 0.25) is 0 Å². The molecule has 4 nitrogen and oxygen atoms in total. The Hall–Kier alpha value is -1.10. The highest BCUT2D eigenvalue weighted by Crippen LogP contribution is 2.19. The zero-order valence-electron chi connectivity index (χ0n) is 10.8. The van der Waals surface area contributed by atoms with Gasteiger partial charge in [-0.1, -0.05) is 43.2 Å². The molecule has 0 radical (unpaired) electrons. The summed E-state index contributed by atoms with van der Waals surface area (Å²) in [5.41, 5.74) is 6.70. The minimum Gasteiger partial charge on any atom is -0.391 e. The molecule has 1 aromatic carbocycles. The van der Waals surface area contributed by atoms with Gasteiger partial charge in [-0.05, 0) is 18.4 Å². The smallest absolute Gasteiger partial charge is 0.241 e. The van der Waals surface area contributed by atoms with E-state index in [0.29, 0.717) is 0 Å². The molecule has 1 aliphatic carbocycles. The number of hydrogen-bond acceptors (Lipinski definition) is 3. The summed E-state index contributed by atoms with van der Waals surface area (Å²) in [4.78, 5) is 12.0. The number of hydrogen-bond donors (Lipinski definition) is 3. The van der Waals surface area contributed by atoms with E-state index in [0.717, 1.165) is 31.2 Å². The second-order valence-corrected chi connectivity index (χ2v) is 4.86. The largest absolute Gasteiger partial charge is 0.391 e. The molecule has 2 rings (SSSR count). The molecule has 0 bridgehead atoms. The lowest BCUT2D eigenvalue weighted by atomic mass is 9.92. The lowest BCUT2D eigenvalue weighted by molar-refractivity contribution is -0.124. The Morgan fingerprint density at radius 3 is 2.53 bits per heavy atom. The van der Waals surface area contributed by atoms with E-state index in [2.05, 4.69) is 5.32 Å². The minimum atomic E-state index is -0.666. The molecule has 3 atom stereocenters. The van der Waals surface area contributed by atoms with E-state index < -0.39 is 12.1 Å². The molecule has 5 heteroatoms. The van der Waals surface area contributed by atoms with Gasteiger partial charge in [0.2, 0.25) is 5.91 Å². The summed E-state index contributed by atoms with van der Waals surface area (Å²) in [6, 6.07) is 8.46. The molecule has 0 saturated heterocycles. The first-order valence-corrected chi connectivity index (χ1v) is 6.47. The predicted molar refractivity (Wildman–Crippen MR) is 77.0 cm³/mol. The van der Waals surface area contributed by atoms with Gasteiger partial charge in [-0.15, -0.1) is 12.4 Å². The topological polar surface area (TPSA) is 75.4 Å². The Labute approximate surface area is 119 Å². The molecule has 4 N–H and O–H groups in total. The fourth-order valence-electron chi connectivity index (χ4n) is 2.36. The van der Waals surface area contributed by atoms with E-state index in [4.69, 9.17) is 5.73 Å². The normalized spacial score (nSPS) is 24.1. The van der Waals surface area contributed by atoms with E-state index in [9.17, 15) is 9.90 Å². The zero-order valence-corrected chi connectivity index (χ0v) is 11.6. The number of aliphatic hydroxyl groups is 1. The molecule has 1 saturated carbocycles. The molecule has 0 spiro atoms. The molecule has 1 unspecified atom stereocenters. The van der Waals surface area contributed by atoms with E-state index in [1.54, 1.807) is 0 Å². The number of carbonyl (C=O) groups is 1. The molecule has 0 aliphatic heterocycles. The van der Waals surface area contributed by atoms with Crippen LogP contribution < -0.4 is 11.1 Å². The maximum Gasteiger partial charge on any atom is 0.241 e. The van der Waals surface area contributed by atoms with Gasteiger partial charge < -0.3 is 16.2 Å². The van der Waals surface area contributed by atoms with Gasteiger partial charge in [-0.2, -0.15) is 0 Å². The lowest BCUT2D eigenvalue weighted by Crippen LogP contribution is -2.48. The highest BCUT2D eigenvalue weighted by molar-refractivity contribution is 5.85. The van der Waals surface area contributed by atoms with Gasteiger partial charge in [0, 0.05) is 0 Å². The summed E-state index contributed by atoms with van der Waals surface area (Å²) in [5.74, 6) is -0.216. The Morgan fingerprint density at radius 2 is 1.89 bits per heavy atom. The first kappa shape index (κ1) is 16.0. The first-order chi connectivity index (χ1) is 8.68. The highest BCUT2D eigenvalue weighted by Gasteiger charge is 2.26. The van der Waals surface area contributed by atoms with Crippen molar-refractivity contribution in [2.75, 3.05) is 0 Å². The van der Waals surface area contributed by atoms with Crippen molar-refractivity contribution in [2.45, 2.75) is 43.9 Å². The minimum absolute atomic E-state index is 0. The van der Waals surface area contributed by atoms with Crippen molar-refractivity contribution in [3.8, 4) is 0 Å². The molecule has 0 heterocycles. The van der Waals surface area contributed by atoms with E-state index in [-0.39, 0.29) is 24.4 Å². The maximum absolute atomic E-state index is 12.0. The summed E-state index contributed by atoms with van der Waals surface area (Å²) in [6.45, 7) is 0.